The highest BCUT2D eigenvalue weighted by atomic mass is 32.2. The summed E-state index contributed by atoms with van der Waals surface area (Å²) in [5.41, 5.74) is 1.61. The molecule has 1 aromatic heterocycles. The zero-order valence-corrected chi connectivity index (χ0v) is 9.20. The maximum atomic E-state index is 11.7. The number of amides is 1. The summed E-state index contributed by atoms with van der Waals surface area (Å²) in [5.74, 6) is -0.0290. The molecule has 15 heavy (non-hydrogen) atoms. The first kappa shape index (κ1) is 10.3. The third-order valence-electron chi connectivity index (χ3n) is 2.49. The maximum Gasteiger partial charge on any atom is 0.366 e. The van der Waals surface area contributed by atoms with Crippen LogP contribution in [0.25, 0.3) is 0 Å². The lowest BCUT2D eigenvalue weighted by Gasteiger charge is -2.12. The van der Waals surface area contributed by atoms with Crippen molar-refractivity contribution in [3.05, 3.63) is 17.1 Å². The van der Waals surface area contributed by atoms with Crippen molar-refractivity contribution in [2.24, 2.45) is 0 Å². The van der Waals surface area contributed by atoms with E-state index >= 15 is 0 Å². The van der Waals surface area contributed by atoms with E-state index in [1.807, 2.05) is 0 Å². The predicted molar refractivity (Wildman–Crippen MR) is 57.8 cm³/mol. The fourth-order valence-corrected chi connectivity index (χ4v) is 2.69. The summed E-state index contributed by atoms with van der Waals surface area (Å²) in [4.78, 5) is 28.9. The Kier molecular flexibility index (Phi) is 3.11. The molecule has 1 fully saturated rings. The number of carbonyl (C=O) groups is 2. The fraction of sp³-hybridized carbons (Fsp3) is 0.500. The van der Waals surface area contributed by atoms with Crippen molar-refractivity contribution in [3.63, 3.8) is 0 Å². The lowest BCUT2D eigenvalue weighted by molar-refractivity contribution is -0.129. The van der Waals surface area contributed by atoms with Gasteiger partial charge < -0.3 is 4.90 Å². The van der Waals surface area contributed by atoms with Crippen LogP contribution in [-0.4, -0.2) is 34.0 Å². The van der Waals surface area contributed by atoms with E-state index in [1.165, 1.54) is 0 Å². The van der Waals surface area contributed by atoms with E-state index in [4.69, 9.17) is 0 Å². The number of rotatable bonds is 3. The summed E-state index contributed by atoms with van der Waals surface area (Å²) < 4.78 is 0. The van der Waals surface area contributed by atoms with Crippen molar-refractivity contribution in [1.29, 1.82) is 0 Å². The number of hydrogen-bond donors (Lipinski definition) is 0. The Balaban J connectivity index is 1.91. The lowest BCUT2D eigenvalue weighted by Crippen LogP contribution is -2.28. The molecule has 0 spiro atoms. The van der Waals surface area contributed by atoms with Crippen molar-refractivity contribution in [2.75, 3.05) is 13.1 Å². The molecule has 1 atom stereocenters. The van der Waals surface area contributed by atoms with Gasteiger partial charge in [-0.15, -0.1) is 0 Å². The van der Waals surface area contributed by atoms with Crippen LogP contribution in [-0.2, 0) is 4.79 Å². The summed E-state index contributed by atoms with van der Waals surface area (Å²) in [6.45, 7) is 1.62. The zero-order chi connectivity index (χ0) is 10.7. The number of thiazole rings is 1. The molecule has 1 amide bonds. The second kappa shape index (κ2) is 4.53. The van der Waals surface area contributed by atoms with E-state index in [0.717, 1.165) is 25.9 Å². The van der Waals surface area contributed by atoms with Gasteiger partial charge in [-0.3, -0.25) is 4.79 Å². The molecule has 2 rings (SSSR count). The zero-order valence-electron chi connectivity index (χ0n) is 8.39. The van der Waals surface area contributed by atoms with Crippen LogP contribution in [0.1, 0.15) is 24.1 Å². The first-order chi connectivity index (χ1) is 7.27. The average Bonchev–Trinajstić information content (AvgIpc) is 2.91. The van der Waals surface area contributed by atoms with Crippen LogP contribution in [0.2, 0.25) is 0 Å². The molecular formula is C10H13N2O2S+. The van der Waals surface area contributed by atoms with Crippen molar-refractivity contribution in [1.82, 2.24) is 9.88 Å². The van der Waals surface area contributed by atoms with Crippen LogP contribution in [0.4, 0.5) is 0 Å². The summed E-state index contributed by atoms with van der Waals surface area (Å²) in [6.07, 6.45) is 3.76. The lowest BCUT2D eigenvalue weighted by atomic mass is 10.4. The third kappa shape index (κ3) is 2.41. The molecule has 1 aliphatic heterocycles. The Bertz CT molecular complexity index is 356. The largest absolute Gasteiger partial charge is 0.366 e. The highest BCUT2D eigenvalue weighted by Gasteiger charge is 2.25. The van der Waals surface area contributed by atoms with Gasteiger partial charge in [0.1, 0.15) is 6.42 Å². The second-order valence-corrected chi connectivity index (χ2v) is 5.23. The van der Waals surface area contributed by atoms with Crippen LogP contribution < -0.4 is 0 Å². The molecule has 1 saturated heterocycles. The van der Waals surface area contributed by atoms with E-state index in [2.05, 4.69) is 4.98 Å². The molecule has 1 unspecified atom stereocenters. The van der Waals surface area contributed by atoms with Crippen LogP contribution in [0.15, 0.2) is 17.1 Å². The molecule has 1 aliphatic rings. The van der Waals surface area contributed by atoms with Gasteiger partial charge in [-0.05, 0) is 12.8 Å². The minimum Gasteiger partial charge on any atom is -0.342 e. The Morgan fingerprint density at radius 3 is 2.67 bits per heavy atom. The first-order valence-corrected chi connectivity index (χ1v) is 6.35. The Labute approximate surface area is 90.9 Å². The van der Waals surface area contributed by atoms with Crippen LogP contribution in [0.5, 0.6) is 0 Å². The van der Waals surface area contributed by atoms with Gasteiger partial charge in [-0.1, -0.05) is 0 Å². The highest BCUT2D eigenvalue weighted by molar-refractivity contribution is 7.49. The van der Waals surface area contributed by atoms with Gasteiger partial charge in [0.25, 0.3) is 0 Å². The minimum atomic E-state index is -0.551. The molecule has 5 heteroatoms. The molecule has 0 N–H and O–H groups in total. The normalized spacial score (nSPS) is 16.8. The molecular weight excluding hydrogens is 212 g/mol. The molecule has 0 saturated carbocycles. The van der Waals surface area contributed by atoms with Crippen LogP contribution in [0.3, 0.4) is 0 Å². The van der Waals surface area contributed by atoms with Crippen LogP contribution >= 0.6 is 10.5 Å². The highest BCUT2D eigenvalue weighted by Crippen LogP contribution is 2.19. The summed E-state index contributed by atoms with van der Waals surface area (Å²) in [5, 5.41) is 1.73. The molecule has 4 nitrogen and oxygen atoms in total. The van der Waals surface area contributed by atoms with Crippen molar-refractivity contribution < 1.29 is 9.59 Å². The fourth-order valence-electron chi connectivity index (χ4n) is 1.66. The molecule has 2 heterocycles. The van der Waals surface area contributed by atoms with Gasteiger partial charge >= 0.3 is 5.12 Å². The van der Waals surface area contributed by atoms with Gasteiger partial charge in [-0.25, -0.2) is 9.78 Å². The SMILES string of the molecule is O=C(CC(=O)[s+]1ccnc1)N1CCCC1. The van der Waals surface area contributed by atoms with E-state index in [1.54, 1.807) is 22.0 Å². The topological polar surface area (TPSA) is 50.3 Å². The van der Waals surface area contributed by atoms with Gasteiger partial charge in [0.15, 0.2) is 5.38 Å². The van der Waals surface area contributed by atoms with E-state index in [9.17, 15) is 9.59 Å². The first-order valence-electron chi connectivity index (χ1n) is 5.00. The summed E-state index contributed by atoms with van der Waals surface area (Å²) >= 11 is 0. The third-order valence-corrected chi connectivity index (χ3v) is 3.92. The number of aromatic nitrogens is 1. The quantitative estimate of drug-likeness (QED) is 0.578. The van der Waals surface area contributed by atoms with Gasteiger partial charge in [0, 0.05) is 13.1 Å². The Morgan fingerprint density at radius 1 is 1.33 bits per heavy atom. The Morgan fingerprint density at radius 2 is 2.07 bits per heavy atom. The number of likely N-dealkylation sites (tertiary alicyclic amines) is 1. The standard InChI is InChI=1S/C10H13N2O2S/c13-9(12-4-1-2-5-12)7-10(14)15-6-3-11-8-15/h3,6,8H,1-2,4-5,7H2/q+1. The van der Waals surface area contributed by atoms with Gasteiger partial charge in [0.2, 0.25) is 11.4 Å². The molecule has 80 valence electrons. The number of hydrogen-bond acceptors (Lipinski definition) is 3. The maximum absolute atomic E-state index is 11.7. The molecule has 0 bridgehead atoms. The molecule has 1 aromatic rings. The van der Waals surface area contributed by atoms with E-state index < -0.39 is 10.5 Å². The molecule has 0 radical (unpaired) electrons. The van der Waals surface area contributed by atoms with Gasteiger partial charge in [0.05, 0.1) is 16.7 Å². The Hall–Kier alpha value is -1.23. The van der Waals surface area contributed by atoms with Gasteiger partial charge in [-0.2, -0.15) is 0 Å². The van der Waals surface area contributed by atoms with Crippen molar-refractivity contribution in [3.8, 4) is 0 Å². The number of carbonyl (C=O) groups excluding carboxylic acids is 2. The monoisotopic (exact) mass is 225 g/mol. The van der Waals surface area contributed by atoms with E-state index in [0.29, 0.717) is 0 Å². The second-order valence-electron chi connectivity index (χ2n) is 3.55. The molecule has 0 aliphatic carbocycles. The van der Waals surface area contributed by atoms with Crippen molar-refractivity contribution >= 4 is 21.5 Å². The van der Waals surface area contributed by atoms with Crippen molar-refractivity contribution in [2.45, 2.75) is 19.3 Å². The minimum absolute atomic E-state index is 0.0237. The molecule has 0 aromatic carbocycles. The smallest absolute Gasteiger partial charge is 0.342 e. The summed E-state index contributed by atoms with van der Waals surface area (Å²) in [6, 6.07) is 0. The van der Waals surface area contributed by atoms with E-state index in [-0.39, 0.29) is 17.4 Å². The average molecular weight is 225 g/mol. The summed E-state index contributed by atoms with van der Waals surface area (Å²) in [7, 11) is -0.551. The predicted octanol–water partition coefficient (Wildman–Crippen LogP) is 1.48. The number of nitrogens with zero attached hydrogens (tertiary/aromatic N) is 2. The van der Waals surface area contributed by atoms with Crippen LogP contribution in [0, 0.1) is 0 Å².